The van der Waals surface area contributed by atoms with Crippen LogP contribution in [0.15, 0.2) is 42.6 Å². The summed E-state index contributed by atoms with van der Waals surface area (Å²) in [5, 5.41) is 12.3. The predicted octanol–water partition coefficient (Wildman–Crippen LogP) is 2.58. The fourth-order valence-electron chi connectivity index (χ4n) is 2.88. The van der Waals surface area contributed by atoms with Crippen molar-refractivity contribution in [1.82, 2.24) is 9.88 Å². The maximum absolute atomic E-state index is 13.6. The second kappa shape index (κ2) is 7.86. The highest BCUT2D eigenvalue weighted by Crippen LogP contribution is 2.23. The Bertz CT molecular complexity index is 725. The Morgan fingerprint density at radius 3 is 2.88 bits per heavy atom. The van der Waals surface area contributed by atoms with Gasteiger partial charge in [0.15, 0.2) is 0 Å². The third-order valence-electron chi connectivity index (χ3n) is 4.09. The van der Waals surface area contributed by atoms with Gasteiger partial charge in [-0.25, -0.2) is 9.37 Å². The molecule has 0 unspecified atom stereocenters. The maximum atomic E-state index is 13.6. The first-order valence-corrected chi connectivity index (χ1v) is 7.93. The maximum Gasteiger partial charge on any atom is 0.142 e. The molecule has 3 rings (SSSR count). The fraction of sp³-hybridized carbons (Fsp3) is 0.333. The van der Waals surface area contributed by atoms with Crippen molar-refractivity contribution in [3.05, 3.63) is 59.7 Å². The number of benzene rings is 1. The zero-order chi connectivity index (χ0) is 16.8. The van der Waals surface area contributed by atoms with Crippen molar-refractivity contribution >= 4 is 5.69 Å². The Kier molecular flexibility index (Phi) is 5.36. The molecular formula is C18H19FN4O. The lowest BCUT2D eigenvalue weighted by Crippen LogP contribution is -2.41. The van der Waals surface area contributed by atoms with Crippen LogP contribution in [0.1, 0.15) is 17.3 Å². The summed E-state index contributed by atoms with van der Waals surface area (Å²) >= 11 is 0. The van der Waals surface area contributed by atoms with Gasteiger partial charge in [0.1, 0.15) is 17.6 Å². The molecule has 124 valence electrons. The lowest BCUT2D eigenvalue weighted by Gasteiger charge is -2.35. The second-order valence-electron chi connectivity index (χ2n) is 5.64. The van der Waals surface area contributed by atoms with Gasteiger partial charge in [-0.3, -0.25) is 4.90 Å². The van der Waals surface area contributed by atoms with Crippen molar-refractivity contribution < 1.29 is 9.13 Å². The predicted molar refractivity (Wildman–Crippen MR) is 89.0 cm³/mol. The van der Waals surface area contributed by atoms with Crippen LogP contribution in [0.2, 0.25) is 0 Å². The summed E-state index contributed by atoms with van der Waals surface area (Å²) in [5.41, 5.74) is 2.13. The van der Waals surface area contributed by atoms with E-state index >= 15 is 0 Å². The van der Waals surface area contributed by atoms with E-state index in [-0.39, 0.29) is 11.9 Å². The molecule has 1 atom stereocenters. The molecule has 0 aliphatic carbocycles. The molecule has 0 saturated carbocycles. The van der Waals surface area contributed by atoms with Crippen LogP contribution in [0.4, 0.5) is 10.1 Å². The summed E-state index contributed by atoms with van der Waals surface area (Å²) in [7, 11) is 0. The first kappa shape index (κ1) is 16.4. The number of pyridine rings is 1. The number of morpholine rings is 1. The van der Waals surface area contributed by atoms with E-state index in [2.05, 4.69) is 15.2 Å². The van der Waals surface area contributed by atoms with E-state index in [1.165, 1.54) is 6.07 Å². The average Bonchev–Trinajstić information content (AvgIpc) is 2.63. The number of rotatable bonds is 5. The highest BCUT2D eigenvalue weighted by Gasteiger charge is 2.22. The average molecular weight is 326 g/mol. The molecule has 0 radical (unpaired) electrons. The van der Waals surface area contributed by atoms with Gasteiger partial charge in [0.25, 0.3) is 0 Å². The number of nitrogens with one attached hydrogen (secondary N) is 1. The number of ether oxygens (including phenoxy) is 1. The summed E-state index contributed by atoms with van der Waals surface area (Å²) in [6.45, 7) is 3.59. The summed E-state index contributed by atoms with van der Waals surface area (Å²) in [5.74, 6) is -0.235. The number of hydrogen-bond acceptors (Lipinski definition) is 5. The molecule has 1 aromatic heterocycles. The Labute approximate surface area is 140 Å². The van der Waals surface area contributed by atoms with Crippen LogP contribution in [0.3, 0.4) is 0 Å². The van der Waals surface area contributed by atoms with Crippen molar-refractivity contribution in [2.75, 3.05) is 38.2 Å². The van der Waals surface area contributed by atoms with Gasteiger partial charge in [-0.1, -0.05) is 12.1 Å². The smallest absolute Gasteiger partial charge is 0.142 e. The van der Waals surface area contributed by atoms with Crippen molar-refractivity contribution in [2.24, 2.45) is 0 Å². The molecule has 1 fully saturated rings. The molecule has 0 amide bonds. The lowest BCUT2D eigenvalue weighted by atomic mass is 10.0. The van der Waals surface area contributed by atoms with E-state index in [0.717, 1.165) is 24.3 Å². The van der Waals surface area contributed by atoms with E-state index in [1.807, 2.05) is 18.2 Å². The molecule has 5 nitrogen and oxygen atoms in total. The van der Waals surface area contributed by atoms with Crippen molar-refractivity contribution in [2.45, 2.75) is 6.04 Å². The van der Waals surface area contributed by atoms with E-state index < -0.39 is 0 Å². The molecular weight excluding hydrogens is 307 g/mol. The molecule has 0 bridgehead atoms. The zero-order valence-electron chi connectivity index (χ0n) is 13.3. The minimum atomic E-state index is -0.235. The second-order valence-corrected chi connectivity index (χ2v) is 5.64. The minimum Gasteiger partial charge on any atom is -0.383 e. The molecule has 2 heterocycles. The van der Waals surface area contributed by atoms with Gasteiger partial charge >= 0.3 is 0 Å². The topological polar surface area (TPSA) is 61.2 Å². The SMILES string of the molecule is N#Cc1cc(NC[C@@H](c2cccc(F)c2)N2CCOCC2)ccn1. The Morgan fingerprint density at radius 1 is 1.29 bits per heavy atom. The van der Waals surface area contributed by atoms with Gasteiger partial charge in [-0.2, -0.15) is 5.26 Å². The molecule has 1 N–H and O–H groups in total. The number of hydrogen-bond donors (Lipinski definition) is 1. The summed E-state index contributed by atoms with van der Waals surface area (Å²) in [6, 6.07) is 12.3. The van der Waals surface area contributed by atoms with Gasteiger partial charge in [0, 0.05) is 31.5 Å². The van der Waals surface area contributed by atoms with Crippen molar-refractivity contribution in [3.8, 4) is 6.07 Å². The minimum absolute atomic E-state index is 0.0308. The van der Waals surface area contributed by atoms with Gasteiger partial charge in [0.05, 0.1) is 19.3 Å². The monoisotopic (exact) mass is 326 g/mol. The number of anilines is 1. The summed E-state index contributed by atoms with van der Waals surface area (Å²) in [6.07, 6.45) is 1.60. The van der Waals surface area contributed by atoms with Crippen LogP contribution in [-0.4, -0.2) is 42.7 Å². The van der Waals surface area contributed by atoms with E-state index in [1.54, 1.807) is 24.4 Å². The number of nitrogens with zero attached hydrogens (tertiary/aromatic N) is 3. The lowest BCUT2D eigenvalue weighted by molar-refractivity contribution is 0.0186. The van der Waals surface area contributed by atoms with Crippen LogP contribution in [-0.2, 0) is 4.74 Å². The zero-order valence-corrected chi connectivity index (χ0v) is 13.3. The summed E-state index contributed by atoms with van der Waals surface area (Å²) in [4.78, 5) is 6.26. The quantitative estimate of drug-likeness (QED) is 0.915. The Morgan fingerprint density at radius 2 is 2.12 bits per heavy atom. The van der Waals surface area contributed by atoms with Gasteiger partial charge in [-0.05, 0) is 29.8 Å². The van der Waals surface area contributed by atoms with Crippen LogP contribution in [0, 0.1) is 17.1 Å². The molecule has 2 aromatic rings. The molecule has 1 aliphatic rings. The highest BCUT2D eigenvalue weighted by atomic mass is 19.1. The normalized spacial score (nSPS) is 16.3. The number of nitriles is 1. The van der Waals surface area contributed by atoms with Crippen LogP contribution < -0.4 is 5.32 Å². The Balaban J connectivity index is 1.77. The third-order valence-corrected chi connectivity index (χ3v) is 4.09. The highest BCUT2D eigenvalue weighted by molar-refractivity contribution is 5.46. The van der Waals surface area contributed by atoms with Crippen LogP contribution >= 0.6 is 0 Å². The van der Waals surface area contributed by atoms with Crippen LogP contribution in [0.5, 0.6) is 0 Å². The molecule has 0 spiro atoms. The van der Waals surface area contributed by atoms with Crippen LogP contribution in [0.25, 0.3) is 0 Å². The van der Waals surface area contributed by atoms with E-state index in [4.69, 9.17) is 10.00 Å². The first-order valence-electron chi connectivity index (χ1n) is 7.93. The largest absolute Gasteiger partial charge is 0.383 e. The number of aromatic nitrogens is 1. The molecule has 6 heteroatoms. The van der Waals surface area contributed by atoms with Crippen molar-refractivity contribution in [3.63, 3.8) is 0 Å². The molecule has 1 saturated heterocycles. The molecule has 24 heavy (non-hydrogen) atoms. The molecule has 1 aliphatic heterocycles. The van der Waals surface area contributed by atoms with E-state index in [9.17, 15) is 4.39 Å². The molecule has 1 aromatic carbocycles. The van der Waals surface area contributed by atoms with E-state index in [0.29, 0.717) is 25.5 Å². The number of halogens is 1. The van der Waals surface area contributed by atoms with Gasteiger partial charge in [-0.15, -0.1) is 0 Å². The Hall–Kier alpha value is -2.49. The van der Waals surface area contributed by atoms with Gasteiger partial charge in [0.2, 0.25) is 0 Å². The first-order chi connectivity index (χ1) is 11.8. The standard InChI is InChI=1S/C18H19FN4O/c19-15-3-1-2-14(10-15)18(23-6-8-24-9-7-23)13-22-16-4-5-21-17(11-16)12-20/h1-5,10-11,18H,6-9,13H2,(H,21,22)/t18-/m0/s1. The van der Waals surface area contributed by atoms with Gasteiger partial charge < -0.3 is 10.1 Å². The van der Waals surface area contributed by atoms with Crippen molar-refractivity contribution in [1.29, 1.82) is 5.26 Å². The fourth-order valence-corrected chi connectivity index (χ4v) is 2.88. The third kappa shape index (κ3) is 4.07. The summed E-state index contributed by atoms with van der Waals surface area (Å²) < 4.78 is 19.1.